The second-order valence-corrected chi connectivity index (χ2v) is 5.73. The monoisotopic (exact) mass is 329 g/mol. The highest BCUT2D eigenvalue weighted by atomic mass is 19.1. The number of hydrogen-bond acceptors (Lipinski definition) is 8. The van der Waals surface area contributed by atoms with E-state index >= 15 is 0 Å². The lowest BCUT2D eigenvalue weighted by molar-refractivity contribution is 0.311. The number of fused-ring (bicyclic) bond motifs is 1. The van der Waals surface area contributed by atoms with Crippen LogP contribution in [-0.4, -0.2) is 58.4 Å². The van der Waals surface area contributed by atoms with Gasteiger partial charge in [0.15, 0.2) is 11.6 Å². The summed E-state index contributed by atoms with van der Waals surface area (Å²) in [6.07, 6.45) is 0. The summed E-state index contributed by atoms with van der Waals surface area (Å²) < 4.78 is 17.8. The van der Waals surface area contributed by atoms with E-state index in [0.717, 1.165) is 31.9 Å². The van der Waals surface area contributed by atoms with E-state index in [1.165, 1.54) is 12.1 Å². The number of hydrogen-bond donors (Lipinski definition) is 1. The van der Waals surface area contributed by atoms with Crippen molar-refractivity contribution in [2.75, 3.05) is 43.4 Å². The van der Waals surface area contributed by atoms with Crippen molar-refractivity contribution in [1.29, 1.82) is 0 Å². The van der Waals surface area contributed by atoms with E-state index in [-0.39, 0.29) is 5.82 Å². The van der Waals surface area contributed by atoms with Crippen LogP contribution in [0, 0.1) is 5.82 Å². The summed E-state index contributed by atoms with van der Waals surface area (Å²) in [4.78, 5) is 13.4. The van der Waals surface area contributed by atoms with Gasteiger partial charge in [-0.2, -0.15) is 0 Å². The Labute approximate surface area is 137 Å². The van der Waals surface area contributed by atoms with E-state index in [4.69, 9.17) is 4.63 Å². The summed E-state index contributed by atoms with van der Waals surface area (Å²) in [6.45, 7) is 3.54. The number of nitrogens with one attached hydrogen (secondary N) is 1. The Morgan fingerprint density at radius 3 is 2.38 bits per heavy atom. The predicted octanol–water partition coefficient (Wildman–Crippen LogP) is 1.65. The molecule has 9 heteroatoms. The second-order valence-electron chi connectivity index (χ2n) is 5.73. The first-order chi connectivity index (χ1) is 11.7. The summed E-state index contributed by atoms with van der Waals surface area (Å²) >= 11 is 0. The first-order valence-electron chi connectivity index (χ1n) is 7.65. The molecule has 0 aliphatic carbocycles. The van der Waals surface area contributed by atoms with Crippen LogP contribution in [0.15, 0.2) is 28.9 Å². The molecule has 0 unspecified atom stereocenters. The van der Waals surface area contributed by atoms with Crippen molar-refractivity contribution in [3.63, 3.8) is 0 Å². The van der Waals surface area contributed by atoms with Crippen molar-refractivity contribution in [2.24, 2.45) is 0 Å². The quantitative estimate of drug-likeness (QED) is 0.776. The normalized spacial score (nSPS) is 15.8. The molecule has 0 amide bonds. The maximum atomic E-state index is 13.1. The Morgan fingerprint density at radius 1 is 1.00 bits per heavy atom. The average Bonchev–Trinajstić information content (AvgIpc) is 3.04. The minimum Gasteiger partial charge on any atom is -0.351 e. The molecule has 3 aromatic rings. The van der Waals surface area contributed by atoms with Gasteiger partial charge in [-0.1, -0.05) is 0 Å². The zero-order valence-electron chi connectivity index (χ0n) is 13.1. The molecule has 124 valence electrons. The fraction of sp³-hybridized carbons (Fsp3) is 0.333. The highest BCUT2D eigenvalue weighted by molar-refractivity contribution is 5.77. The first kappa shape index (κ1) is 14.8. The van der Waals surface area contributed by atoms with Gasteiger partial charge in [-0.05, 0) is 41.6 Å². The van der Waals surface area contributed by atoms with Crippen molar-refractivity contribution >= 4 is 28.6 Å². The molecule has 1 aliphatic rings. The van der Waals surface area contributed by atoms with E-state index in [2.05, 4.69) is 42.4 Å². The van der Waals surface area contributed by atoms with E-state index in [1.807, 2.05) is 0 Å². The van der Waals surface area contributed by atoms with Crippen LogP contribution in [0.2, 0.25) is 0 Å². The molecule has 4 rings (SSSR count). The number of aromatic nitrogens is 4. The smallest absolute Gasteiger partial charge is 0.245 e. The number of rotatable bonds is 3. The first-order valence-corrected chi connectivity index (χ1v) is 7.65. The molecule has 1 aliphatic heterocycles. The van der Waals surface area contributed by atoms with Gasteiger partial charge in [-0.15, -0.1) is 0 Å². The van der Waals surface area contributed by atoms with Crippen LogP contribution >= 0.6 is 0 Å². The molecule has 0 bridgehead atoms. The lowest BCUT2D eigenvalue weighted by Crippen LogP contribution is -2.45. The highest BCUT2D eigenvalue weighted by Gasteiger charge is 2.21. The highest BCUT2D eigenvalue weighted by Crippen LogP contribution is 2.27. The fourth-order valence-electron chi connectivity index (χ4n) is 2.62. The predicted molar refractivity (Wildman–Crippen MR) is 86.8 cm³/mol. The minimum atomic E-state index is -0.290. The van der Waals surface area contributed by atoms with Crippen LogP contribution in [0.3, 0.4) is 0 Å². The minimum absolute atomic E-state index is 0.290. The van der Waals surface area contributed by atoms with E-state index in [1.54, 1.807) is 12.1 Å². The zero-order chi connectivity index (χ0) is 16.5. The fourth-order valence-corrected chi connectivity index (χ4v) is 2.62. The molecular weight excluding hydrogens is 313 g/mol. The van der Waals surface area contributed by atoms with Crippen molar-refractivity contribution in [1.82, 2.24) is 25.2 Å². The lowest BCUT2D eigenvalue weighted by Gasteiger charge is -2.33. The van der Waals surface area contributed by atoms with Gasteiger partial charge >= 0.3 is 0 Å². The SMILES string of the molecule is CN1CCN(c2nc3nonc3nc2Nc2ccc(F)cc2)CC1. The molecule has 0 radical (unpaired) electrons. The van der Waals surface area contributed by atoms with Crippen molar-refractivity contribution in [2.45, 2.75) is 0 Å². The van der Waals surface area contributed by atoms with Crippen LogP contribution in [0.1, 0.15) is 0 Å². The van der Waals surface area contributed by atoms with Crippen molar-refractivity contribution < 1.29 is 9.02 Å². The van der Waals surface area contributed by atoms with Crippen LogP contribution < -0.4 is 10.2 Å². The van der Waals surface area contributed by atoms with Crippen LogP contribution in [-0.2, 0) is 0 Å². The van der Waals surface area contributed by atoms with Gasteiger partial charge in [0, 0.05) is 31.9 Å². The summed E-state index contributed by atoms with van der Waals surface area (Å²) in [5.74, 6) is 0.951. The van der Waals surface area contributed by atoms with Gasteiger partial charge in [-0.25, -0.2) is 19.0 Å². The Bertz CT molecular complexity index is 843. The molecule has 24 heavy (non-hydrogen) atoms. The Hall–Kier alpha value is -2.81. The number of benzene rings is 1. The largest absolute Gasteiger partial charge is 0.351 e. The average molecular weight is 329 g/mol. The van der Waals surface area contributed by atoms with Gasteiger partial charge in [0.05, 0.1) is 0 Å². The van der Waals surface area contributed by atoms with Gasteiger partial charge in [0.2, 0.25) is 11.3 Å². The molecular formula is C15H16FN7O. The third-order valence-corrected chi connectivity index (χ3v) is 4.01. The second kappa shape index (κ2) is 6.00. The molecule has 2 aromatic heterocycles. The van der Waals surface area contributed by atoms with Gasteiger partial charge in [-0.3, -0.25) is 0 Å². The van der Waals surface area contributed by atoms with Crippen LogP contribution in [0.25, 0.3) is 11.3 Å². The zero-order valence-corrected chi connectivity index (χ0v) is 13.1. The Kier molecular flexibility index (Phi) is 3.69. The standard InChI is InChI=1S/C15H16FN7O/c1-22-6-8-23(9-7-22)15-14(17-11-4-2-10(16)3-5-11)18-12-13(19-15)21-24-20-12/h2-5H,6-9H2,1H3,(H,17,18,20). The Morgan fingerprint density at radius 2 is 1.67 bits per heavy atom. The molecule has 1 fully saturated rings. The van der Waals surface area contributed by atoms with E-state index < -0.39 is 0 Å². The van der Waals surface area contributed by atoms with Crippen LogP contribution in [0.5, 0.6) is 0 Å². The molecule has 0 atom stereocenters. The number of halogens is 1. The molecule has 0 spiro atoms. The number of nitrogens with zero attached hydrogens (tertiary/aromatic N) is 6. The summed E-state index contributed by atoms with van der Waals surface area (Å²) in [5.41, 5.74) is 1.42. The summed E-state index contributed by atoms with van der Waals surface area (Å²) in [6, 6.07) is 6.08. The number of anilines is 3. The lowest BCUT2D eigenvalue weighted by atomic mass is 10.3. The molecule has 3 heterocycles. The molecule has 1 aromatic carbocycles. The molecule has 0 saturated carbocycles. The van der Waals surface area contributed by atoms with Gasteiger partial charge < -0.3 is 15.1 Å². The van der Waals surface area contributed by atoms with Gasteiger partial charge in [0.1, 0.15) is 5.82 Å². The number of piperazine rings is 1. The maximum absolute atomic E-state index is 13.1. The third-order valence-electron chi connectivity index (χ3n) is 4.01. The topological polar surface area (TPSA) is 83.2 Å². The Balaban J connectivity index is 1.71. The molecule has 1 saturated heterocycles. The summed E-state index contributed by atoms with van der Waals surface area (Å²) in [7, 11) is 2.09. The maximum Gasteiger partial charge on any atom is 0.245 e. The summed E-state index contributed by atoms with van der Waals surface area (Å²) in [5, 5.41) is 10.7. The van der Waals surface area contributed by atoms with Crippen molar-refractivity contribution in [3.05, 3.63) is 30.1 Å². The number of likely N-dealkylation sites (N-methyl/N-ethyl adjacent to an activating group) is 1. The van der Waals surface area contributed by atoms with Crippen molar-refractivity contribution in [3.8, 4) is 0 Å². The van der Waals surface area contributed by atoms with Gasteiger partial charge in [0.25, 0.3) is 0 Å². The molecule has 8 nitrogen and oxygen atoms in total. The third kappa shape index (κ3) is 2.85. The van der Waals surface area contributed by atoms with Crippen LogP contribution in [0.4, 0.5) is 21.7 Å². The molecule has 1 N–H and O–H groups in total. The van der Waals surface area contributed by atoms with E-state index in [9.17, 15) is 4.39 Å². The van der Waals surface area contributed by atoms with E-state index in [0.29, 0.717) is 22.9 Å².